The second-order valence-corrected chi connectivity index (χ2v) is 3.87. The van der Waals surface area contributed by atoms with Gasteiger partial charge in [0.25, 0.3) is 0 Å². The van der Waals surface area contributed by atoms with E-state index in [-0.39, 0.29) is 6.61 Å². The van der Waals surface area contributed by atoms with Crippen molar-refractivity contribution in [3.05, 3.63) is 0 Å². The number of esters is 1. The first kappa shape index (κ1) is 12.9. The molecule has 4 nitrogen and oxygen atoms in total. The van der Waals surface area contributed by atoms with Crippen molar-refractivity contribution in [2.24, 2.45) is 11.3 Å². The zero-order valence-corrected chi connectivity index (χ0v) is 9.16. The highest BCUT2D eigenvalue weighted by molar-refractivity contribution is 5.94. The summed E-state index contributed by atoms with van der Waals surface area (Å²) >= 11 is 0. The summed E-state index contributed by atoms with van der Waals surface area (Å²) in [4.78, 5) is 22.3. The van der Waals surface area contributed by atoms with Crippen molar-refractivity contribution in [1.82, 2.24) is 0 Å². The van der Waals surface area contributed by atoms with Crippen LogP contribution in [-0.2, 0) is 14.3 Å². The lowest BCUT2D eigenvalue weighted by Gasteiger charge is -2.28. The van der Waals surface area contributed by atoms with Gasteiger partial charge in [-0.1, -0.05) is 20.8 Å². The zero-order valence-electron chi connectivity index (χ0n) is 9.16. The summed E-state index contributed by atoms with van der Waals surface area (Å²) < 4.78 is 4.73. The smallest absolute Gasteiger partial charge is 0.320 e. The number of carboxylic acid groups (broad SMARTS) is 1. The fraction of sp³-hybridized carbons (Fsp3) is 0.800. The van der Waals surface area contributed by atoms with Crippen LogP contribution in [0.5, 0.6) is 0 Å². The van der Waals surface area contributed by atoms with Gasteiger partial charge in [-0.25, -0.2) is 0 Å². The summed E-state index contributed by atoms with van der Waals surface area (Å²) in [5.74, 6) is -2.84. The van der Waals surface area contributed by atoms with Gasteiger partial charge in [-0.05, 0) is 18.8 Å². The van der Waals surface area contributed by atoms with Crippen molar-refractivity contribution in [1.29, 1.82) is 0 Å². The number of aliphatic carboxylic acids is 1. The Morgan fingerprint density at radius 3 is 2.14 bits per heavy atom. The van der Waals surface area contributed by atoms with E-state index in [1.54, 1.807) is 20.8 Å². The maximum Gasteiger partial charge on any atom is 0.320 e. The molecule has 0 saturated carbocycles. The maximum absolute atomic E-state index is 11.4. The molecule has 1 atom stereocenters. The van der Waals surface area contributed by atoms with Gasteiger partial charge in [0.15, 0.2) is 5.92 Å². The highest BCUT2D eigenvalue weighted by atomic mass is 16.5. The average Bonchev–Trinajstić information content (AvgIpc) is 2.03. The molecule has 0 fully saturated rings. The van der Waals surface area contributed by atoms with Crippen molar-refractivity contribution in [2.75, 3.05) is 6.61 Å². The lowest BCUT2D eigenvalue weighted by molar-refractivity contribution is -0.164. The van der Waals surface area contributed by atoms with Crippen LogP contribution in [0.25, 0.3) is 0 Å². The van der Waals surface area contributed by atoms with Gasteiger partial charge in [0.2, 0.25) is 0 Å². The monoisotopic (exact) mass is 202 g/mol. The predicted octanol–water partition coefficient (Wildman–Crippen LogP) is 1.69. The van der Waals surface area contributed by atoms with Gasteiger partial charge in [0.05, 0.1) is 6.61 Å². The number of hydrogen-bond acceptors (Lipinski definition) is 3. The lowest BCUT2D eigenvalue weighted by Crippen LogP contribution is -2.38. The molecule has 4 heteroatoms. The number of carbonyl (C=O) groups excluding carboxylic acids is 1. The van der Waals surface area contributed by atoms with Crippen molar-refractivity contribution < 1.29 is 19.4 Å². The summed E-state index contributed by atoms with van der Waals surface area (Å²) in [5, 5.41) is 8.94. The minimum atomic E-state index is -1.12. The molecule has 1 N–H and O–H groups in total. The van der Waals surface area contributed by atoms with Crippen LogP contribution in [0.1, 0.15) is 34.1 Å². The molecule has 14 heavy (non-hydrogen) atoms. The van der Waals surface area contributed by atoms with E-state index in [4.69, 9.17) is 9.84 Å². The molecule has 0 heterocycles. The third kappa shape index (κ3) is 3.01. The van der Waals surface area contributed by atoms with E-state index in [1.807, 2.05) is 6.92 Å². The van der Waals surface area contributed by atoms with Gasteiger partial charge in [-0.15, -0.1) is 0 Å². The van der Waals surface area contributed by atoms with Gasteiger partial charge in [-0.3, -0.25) is 9.59 Å². The Labute approximate surface area is 84.3 Å². The Balaban J connectivity index is 4.77. The zero-order chi connectivity index (χ0) is 11.4. The maximum atomic E-state index is 11.4. The van der Waals surface area contributed by atoms with E-state index in [1.165, 1.54) is 0 Å². The van der Waals surface area contributed by atoms with Crippen LogP contribution in [0, 0.1) is 11.3 Å². The van der Waals surface area contributed by atoms with Gasteiger partial charge in [0, 0.05) is 0 Å². The van der Waals surface area contributed by atoms with Crippen molar-refractivity contribution in [3.8, 4) is 0 Å². The molecule has 0 spiro atoms. The first-order chi connectivity index (χ1) is 6.36. The standard InChI is InChI=1S/C10H18O4/c1-5-10(3,4)7(8(11)12)9(13)14-6-2/h7H,5-6H2,1-4H3,(H,11,12)/t7-/m1/s1. The van der Waals surface area contributed by atoms with Crippen LogP contribution in [0.15, 0.2) is 0 Å². The minimum Gasteiger partial charge on any atom is -0.481 e. The molecule has 0 aliphatic heterocycles. The molecule has 0 saturated heterocycles. The quantitative estimate of drug-likeness (QED) is 0.544. The van der Waals surface area contributed by atoms with Crippen molar-refractivity contribution in [2.45, 2.75) is 34.1 Å². The van der Waals surface area contributed by atoms with E-state index in [0.717, 1.165) is 0 Å². The molecular weight excluding hydrogens is 184 g/mol. The SMILES string of the molecule is CCOC(=O)[C@@H](C(=O)O)C(C)(C)CC. The van der Waals surface area contributed by atoms with E-state index < -0.39 is 23.3 Å². The molecule has 0 aromatic heterocycles. The van der Waals surface area contributed by atoms with E-state index in [2.05, 4.69) is 0 Å². The van der Waals surface area contributed by atoms with Crippen LogP contribution >= 0.6 is 0 Å². The van der Waals surface area contributed by atoms with Crippen LogP contribution in [0.4, 0.5) is 0 Å². The predicted molar refractivity (Wildman–Crippen MR) is 51.8 cm³/mol. The highest BCUT2D eigenvalue weighted by Gasteiger charge is 2.40. The van der Waals surface area contributed by atoms with E-state index in [9.17, 15) is 9.59 Å². The summed E-state index contributed by atoms with van der Waals surface area (Å²) in [7, 11) is 0. The van der Waals surface area contributed by atoms with E-state index >= 15 is 0 Å². The summed E-state index contributed by atoms with van der Waals surface area (Å²) in [6.07, 6.45) is 0.614. The van der Waals surface area contributed by atoms with Gasteiger partial charge < -0.3 is 9.84 Å². The first-order valence-electron chi connectivity index (χ1n) is 4.76. The lowest BCUT2D eigenvalue weighted by atomic mass is 9.77. The molecule has 0 unspecified atom stereocenters. The Morgan fingerprint density at radius 1 is 1.36 bits per heavy atom. The molecule has 0 aliphatic rings. The molecule has 0 aliphatic carbocycles. The van der Waals surface area contributed by atoms with Gasteiger partial charge >= 0.3 is 11.9 Å². The molecule has 0 amide bonds. The molecule has 0 aromatic carbocycles. The second-order valence-electron chi connectivity index (χ2n) is 3.87. The summed E-state index contributed by atoms with van der Waals surface area (Å²) in [6, 6.07) is 0. The van der Waals surface area contributed by atoms with Crippen LogP contribution in [-0.4, -0.2) is 23.7 Å². The van der Waals surface area contributed by atoms with Crippen LogP contribution in [0.2, 0.25) is 0 Å². The number of hydrogen-bond donors (Lipinski definition) is 1. The van der Waals surface area contributed by atoms with Gasteiger partial charge in [0.1, 0.15) is 0 Å². The Bertz CT molecular complexity index is 220. The summed E-state index contributed by atoms with van der Waals surface area (Å²) in [5.41, 5.74) is -0.571. The third-order valence-corrected chi connectivity index (χ3v) is 2.46. The molecular formula is C10H18O4. The van der Waals surface area contributed by atoms with Gasteiger partial charge in [-0.2, -0.15) is 0 Å². The summed E-state index contributed by atoms with van der Waals surface area (Å²) in [6.45, 7) is 7.23. The minimum absolute atomic E-state index is 0.211. The fourth-order valence-electron chi connectivity index (χ4n) is 1.18. The third-order valence-electron chi connectivity index (χ3n) is 2.46. The normalized spacial score (nSPS) is 13.4. The highest BCUT2D eigenvalue weighted by Crippen LogP contribution is 2.31. The molecule has 82 valence electrons. The van der Waals surface area contributed by atoms with Crippen LogP contribution < -0.4 is 0 Å². The van der Waals surface area contributed by atoms with Crippen LogP contribution in [0.3, 0.4) is 0 Å². The number of rotatable bonds is 5. The molecule has 0 aromatic rings. The van der Waals surface area contributed by atoms with E-state index in [0.29, 0.717) is 6.42 Å². The van der Waals surface area contributed by atoms with Crippen molar-refractivity contribution >= 4 is 11.9 Å². The molecule has 0 rings (SSSR count). The van der Waals surface area contributed by atoms with Crippen molar-refractivity contribution in [3.63, 3.8) is 0 Å². The topological polar surface area (TPSA) is 63.6 Å². The number of carboxylic acids is 1. The second kappa shape index (κ2) is 4.98. The Hall–Kier alpha value is -1.06. The Kier molecular flexibility index (Phi) is 4.60. The first-order valence-corrected chi connectivity index (χ1v) is 4.76. The molecule has 0 radical (unpaired) electrons. The largest absolute Gasteiger partial charge is 0.481 e. The molecule has 0 bridgehead atoms. The average molecular weight is 202 g/mol. The Morgan fingerprint density at radius 2 is 1.86 bits per heavy atom. The number of ether oxygens (including phenoxy) is 1. The number of carbonyl (C=O) groups is 2. The fourth-order valence-corrected chi connectivity index (χ4v) is 1.18.